The lowest BCUT2D eigenvalue weighted by Crippen LogP contribution is -2.65. The van der Waals surface area contributed by atoms with E-state index in [-0.39, 0.29) is 23.8 Å². The Morgan fingerprint density at radius 3 is 2.64 bits per heavy atom. The first-order chi connectivity index (χ1) is 15.9. The molecule has 0 radical (unpaired) electrons. The maximum absolute atomic E-state index is 13.8. The maximum Gasteiger partial charge on any atom is 0.271 e. The van der Waals surface area contributed by atoms with Crippen LogP contribution in [0.3, 0.4) is 0 Å². The normalized spacial score (nSPS) is 22.4. The summed E-state index contributed by atoms with van der Waals surface area (Å²) in [7, 11) is 0. The molecule has 1 fully saturated rings. The van der Waals surface area contributed by atoms with Crippen molar-refractivity contribution >= 4 is 22.9 Å². The number of rotatable bonds is 5. The van der Waals surface area contributed by atoms with Gasteiger partial charge in [-0.15, -0.1) is 0 Å². The van der Waals surface area contributed by atoms with Gasteiger partial charge in [-0.2, -0.15) is 0 Å². The van der Waals surface area contributed by atoms with E-state index in [1.54, 1.807) is 4.90 Å². The van der Waals surface area contributed by atoms with Crippen molar-refractivity contribution < 1.29 is 14.0 Å². The van der Waals surface area contributed by atoms with Crippen LogP contribution in [0.1, 0.15) is 73.7 Å². The van der Waals surface area contributed by atoms with Crippen LogP contribution in [-0.2, 0) is 11.3 Å². The monoisotopic (exact) mass is 447 g/mol. The molecular formula is C27H33N3O3. The second-order valence-corrected chi connectivity index (χ2v) is 10.0. The number of carbonyl (C=O) groups excluding carboxylic acids is 2. The number of fused-ring (bicyclic) bond motifs is 3. The molecule has 6 heteroatoms. The summed E-state index contributed by atoms with van der Waals surface area (Å²) in [5.41, 5.74) is 2.34. The number of benzene rings is 1. The molecule has 3 aromatic rings. The average Bonchev–Trinajstić information content (AvgIpc) is 3.34. The van der Waals surface area contributed by atoms with E-state index in [1.807, 2.05) is 48.7 Å². The Bertz CT molecular complexity index is 1170. The highest BCUT2D eigenvalue weighted by atomic mass is 16.3. The largest absolute Gasteiger partial charge is 0.460 e. The molecule has 1 saturated carbocycles. The van der Waals surface area contributed by atoms with Crippen molar-refractivity contribution in [1.29, 1.82) is 0 Å². The summed E-state index contributed by atoms with van der Waals surface area (Å²) in [6.07, 6.45) is 5.54. The molecule has 2 atom stereocenters. The van der Waals surface area contributed by atoms with Crippen molar-refractivity contribution in [2.45, 2.75) is 76.9 Å². The van der Waals surface area contributed by atoms with E-state index in [1.165, 1.54) is 6.42 Å². The van der Waals surface area contributed by atoms with E-state index < -0.39 is 5.54 Å². The molecule has 5 rings (SSSR count). The SMILES string of the molecule is Cc1cc2c(cc3n2C[C@](C)(C(=O)NC2CCCCC2)N(C[C@@H](C)c2ccccc2)C3=O)o1. The van der Waals surface area contributed by atoms with Gasteiger partial charge in [0, 0.05) is 24.7 Å². The highest BCUT2D eigenvalue weighted by Gasteiger charge is 2.48. The van der Waals surface area contributed by atoms with E-state index in [2.05, 4.69) is 24.4 Å². The molecule has 6 nitrogen and oxygen atoms in total. The third kappa shape index (κ3) is 3.85. The van der Waals surface area contributed by atoms with Crippen molar-refractivity contribution in [1.82, 2.24) is 14.8 Å². The Labute approximate surface area is 194 Å². The second kappa shape index (κ2) is 8.40. The third-order valence-corrected chi connectivity index (χ3v) is 7.49. The highest BCUT2D eigenvalue weighted by molar-refractivity contribution is 6.03. The van der Waals surface area contributed by atoms with E-state index in [0.717, 1.165) is 42.5 Å². The van der Waals surface area contributed by atoms with Crippen LogP contribution in [-0.4, -0.2) is 39.4 Å². The summed E-state index contributed by atoms with van der Waals surface area (Å²) in [5.74, 6) is 0.727. The van der Waals surface area contributed by atoms with E-state index in [0.29, 0.717) is 24.4 Å². The number of hydrogen-bond donors (Lipinski definition) is 1. The molecule has 2 aromatic heterocycles. The minimum Gasteiger partial charge on any atom is -0.460 e. The Hall–Kier alpha value is -3.02. The van der Waals surface area contributed by atoms with Gasteiger partial charge in [-0.1, -0.05) is 56.5 Å². The predicted molar refractivity (Wildman–Crippen MR) is 128 cm³/mol. The third-order valence-electron chi connectivity index (χ3n) is 7.49. The smallest absolute Gasteiger partial charge is 0.271 e. The van der Waals surface area contributed by atoms with Gasteiger partial charge in [-0.25, -0.2) is 0 Å². The Kier molecular flexibility index (Phi) is 5.55. The molecule has 1 N–H and O–H groups in total. The van der Waals surface area contributed by atoms with Crippen molar-refractivity contribution in [2.75, 3.05) is 6.54 Å². The zero-order valence-corrected chi connectivity index (χ0v) is 19.8. The maximum atomic E-state index is 13.8. The van der Waals surface area contributed by atoms with Crippen molar-refractivity contribution in [3.63, 3.8) is 0 Å². The number of aryl methyl sites for hydroxylation is 1. The number of hydrogen-bond acceptors (Lipinski definition) is 3. The predicted octanol–water partition coefficient (Wildman–Crippen LogP) is 5.01. The molecule has 174 valence electrons. The number of furan rings is 1. The fraction of sp³-hybridized carbons (Fsp3) is 0.481. The lowest BCUT2D eigenvalue weighted by Gasteiger charge is -2.45. The van der Waals surface area contributed by atoms with Crippen LogP contribution in [0, 0.1) is 6.92 Å². The topological polar surface area (TPSA) is 67.5 Å². The average molecular weight is 448 g/mol. The van der Waals surface area contributed by atoms with Crippen LogP contribution >= 0.6 is 0 Å². The minimum atomic E-state index is -0.984. The number of amides is 2. The fourth-order valence-electron chi connectivity index (χ4n) is 5.50. The van der Waals surface area contributed by atoms with Gasteiger partial charge in [-0.3, -0.25) is 9.59 Å². The van der Waals surface area contributed by atoms with Gasteiger partial charge in [0.25, 0.3) is 5.91 Å². The van der Waals surface area contributed by atoms with Gasteiger partial charge in [0.15, 0.2) is 5.58 Å². The molecular weight excluding hydrogens is 414 g/mol. The molecule has 1 aromatic carbocycles. The molecule has 1 aliphatic carbocycles. The summed E-state index contributed by atoms with van der Waals surface area (Å²) in [4.78, 5) is 29.4. The summed E-state index contributed by atoms with van der Waals surface area (Å²) in [6, 6.07) is 14.1. The summed E-state index contributed by atoms with van der Waals surface area (Å²) in [6.45, 7) is 6.83. The minimum absolute atomic E-state index is 0.0595. The Morgan fingerprint density at radius 1 is 1.18 bits per heavy atom. The van der Waals surface area contributed by atoms with Crippen molar-refractivity contribution in [3.8, 4) is 0 Å². The quantitative estimate of drug-likeness (QED) is 0.598. The first kappa shape index (κ1) is 21.8. The van der Waals surface area contributed by atoms with E-state index in [9.17, 15) is 9.59 Å². The van der Waals surface area contributed by atoms with Crippen molar-refractivity contribution in [2.24, 2.45) is 0 Å². The number of aromatic nitrogens is 1. The standard InChI is InChI=1S/C27H33N3O3/c1-18(20-10-6-4-7-11-20)16-30-25(31)23-15-24-22(14-19(2)33-24)29(23)17-27(30,3)26(32)28-21-12-8-5-9-13-21/h4,6-7,10-11,14-15,18,21H,5,8-9,12-13,16-17H2,1-3H3,(H,28,32)/t18-,27-/m1/s1. The zero-order valence-electron chi connectivity index (χ0n) is 19.8. The van der Waals surface area contributed by atoms with Gasteiger partial charge in [0.2, 0.25) is 5.91 Å². The number of nitrogens with one attached hydrogen (secondary N) is 1. The van der Waals surface area contributed by atoms with E-state index >= 15 is 0 Å². The van der Waals surface area contributed by atoms with Crippen LogP contribution in [0.2, 0.25) is 0 Å². The first-order valence-corrected chi connectivity index (χ1v) is 12.1. The van der Waals surface area contributed by atoms with Crippen LogP contribution in [0.25, 0.3) is 11.1 Å². The summed E-state index contributed by atoms with van der Waals surface area (Å²) < 4.78 is 7.78. The molecule has 2 amide bonds. The zero-order chi connectivity index (χ0) is 23.2. The lowest BCUT2D eigenvalue weighted by atomic mass is 9.89. The van der Waals surface area contributed by atoms with Crippen LogP contribution in [0.15, 0.2) is 46.9 Å². The van der Waals surface area contributed by atoms with E-state index in [4.69, 9.17) is 4.42 Å². The van der Waals surface area contributed by atoms with Crippen LogP contribution < -0.4 is 5.32 Å². The first-order valence-electron chi connectivity index (χ1n) is 12.1. The van der Waals surface area contributed by atoms with Crippen molar-refractivity contribution in [3.05, 3.63) is 59.5 Å². The van der Waals surface area contributed by atoms with Gasteiger partial charge in [0.1, 0.15) is 17.0 Å². The molecule has 0 unspecified atom stereocenters. The molecule has 2 aliphatic rings. The lowest BCUT2D eigenvalue weighted by molar-refractivity contribution is -0.133. The fourth-order valence-corrected chi connectivity index (χ4v) is 5.50. The van der Waals surface area contributed by atoms with Gasteiger partial charge >= 0.3 is 0 Å². The van der Waals surface area contributed by atoms with Crippen LogP contribution in [0.5, 0.6) is 0 Å². The highest BCUT2D eigenvalue weighted by Crippen LogP contribution is 2.35. The Balaban J connectivity index is 1.51. The molecule has 0 spiro atoms. The van der Waals surface area contributed by atoms with Gasteiger partial charge in [0.05, 0.1) is 12.1 Å². The molecule has 0 bridgehead atoms. The molecule has 33 heavy (non-hydrogen) atoms. The van der Waals surface area contributed by atoms with Gasteiger partial charge < -0.3 is 19.2 Å². The number of nitrogens with zero attached hydrogens (tertiary/aromatic N) is 2. The Morgan fingerprint density at radius 2 is 1.91 bits per heavy atom. The van der Waals surface area contributed by atoms with Crippen LogP contribution in [0.4, 0.5) is 0 Å². The summed E-state index contributed by atoms with van der Waals surface area (Å²) >= 11 is 0. The second-order valence-electron chi connectivity index (χ2n) is 10.0. The number of carbonyl (C=O) groups is 2. The summed E-state index contributed by atoms with van der Waals surface area (Å²) in [5, 5.41) is 3.30. The molecule has 0 saturated heterocycles. The van der Waals surface area contributed by atoms with Gasteiger partial charge in [-0.05, 0) is 38.2 Å². The molecule has 3 heterocycles. The molecule has 1 aliphatic heterocycles.